The van der Waals surface area contributed by atoms with E-state index in [0.29, 0.717) is 16.9 Å². The molecule has 35 heavy (non-hydrogen) atoms. The molecule has 0 aromatic heterocycles. The molecule has 0 aliphatic carbocycles. The maximum absolute atomic E-state index is 12.1. The summed E-state index contributed by atoms with van der Waals surface area (Å²) in [6.07, 6.45) is 0. The topological polar surface area (TPSA) is 137 Å². The van der Waals surface area contributed by atoms with E-state index in [1.165, 1.54) is 0 Å². The molecule has 0 atom stereocenters. The largest absolute Gasteiger partial charge is 0.464 e. The number of carbonyl (C=O) groups is 1. The van der Waals surface area contributed by atoms with Crippen molar-refractivity contribution in [2.24, 2.45) is 5.16 Å². The third-order valence-electron chi connectivity index (χ3n) is 3.85. The lowest BCUT2D eigenvalue weighted by Crippen LogP contribution is -2.20. The van der Waals surface area contributed by atoms with Gasteiger partial charge in [-0.1, -0.05) is 84.2 Å². The van der Waals surface area contributed by atoms with Crippen molar-refractivity contribution in [3.63, 3.8) is 0 Å². The lowest BCUT2D eigenvalue weighted by Gasteiger charge is -2.09. The number of oxime groups is 1. The van der Waals surface area contributed by atoms with Crippen molar-refractivity contribution in [1.29, 1.82) is 0 Å². The zero-order valence-corrected chi connectivity index (χ0v) is 21.9. The number of rotatable bonds is 13. The first-order valence-corrected chi connectivity index (χ1v) is 15.0. The number of carbonyl (C=O) groups excluding carboxylic acids is 1. The summed E-state index contributed by atoms with van der Waals surface area (Å²) in [7, 11) is -6.82. The van der Waals surface area contributed by atoms with Gasteiger partial charge in [0.2, 0.25) is 5.04 Å². The molecule has 0 saturated carbocycles. The van der Waals surface area contributed by atoms with Crippen LogP contribution in [-0.4, -0.2) is 46.5 Å². The minimum atomic E-state index is -4.07. The summed E-state index contributed by atoms with van der Waals surface area (Å²) in [6, 6.07) is 16.9. The molecule has 0 saturated heterocycles. The number of hydrogen-bond donors (Lipinski definition) is 1. The van der Waals surface area contributed by atoms with E-state index in [2.05, 4.69) is 26.2 Å². The molecule has 2 aromatic rings. The van der Waals surface area contributed by atoms with Crippen LogP contribution >= 0.6 is 23.5 Å². The van der Waals surface area contributed by atoms with Gasteiger partial charge in [0.25, 0.3) is 10.1 Å². The van der Waals surface area contributed by atoms with Crippen LogP contribution in [0, 0.1) is 0 Å². The summed E-state index contributed by atoms with van der Waals surface area (Å²) in [5.41, 5.74) is 3.36. The fraction of sp³-hybridized carbons (Fsp3) is 0.238. The molecule has 0 heterocycles. The normalized spacial score (nSPS) is 12.1. The standard InChI is InChI=1S/C21H24N2O8S4/c1-17(22-30-34(25,26)15-18-9-5-3-6-10-18)32-13-14-33-20(21(24)29-2)23-31-35(27,28)16-19-11-7-4-8-12-19/h3-12,22H,1,13-16H2,2H3. The minimum Gasteiger partial charge on any atom is -0.464 e. The number of hydroxylamine groups is 1. The molecule has 0 unspecified atom stereocenters. The van der Waals surface area contributed by atoms with E-state index in [1.54, 1.807) is 60.7 Å². The molecule has 0 bridgehead atoms. The smallest absolute Gasteiger partial charge is 0.366 e. The molecule has 0 radical (unpaired) electrons. The highest BCUT2D eigenvalue weighted by atomic mass is 32.2. The Balaban J connectivity index is 1.79. The van der Waals surface area contributed by atoms with Crippen LogP contribution in [0.3, 0.4) is 0 Å². The molecule has 2 aromatic carbocycles. The average molecular weight is 561 g/mol. The lowest BCUT2D eigenvalue weighted by atomic mass is 10.2. The number of hydrogen-bond acceptors (Lipinski definition) is 12. The van der Waals surface area contributed by atoms with Crippen LogP contribution in [0.15, 0.2) is 77.4 Å². The predicted octanol–water partition coefficient (Wildman–Crippen LogP) is 3.01. The van der Waals surface area contributed by atoms with Crippen molar-refractivity contribution >= 4 is 54.8 Å². The quantitative estimate of drug-likeness (QED) is 0.127. The first-order valence-electron chi connectivity index (χ1n) is 9.87. The molecule has 0 amide bonds. The molecule has 14 heteroatoms. The van der Waals surface area contributed by atoms with Gasteiger partial charge in [0.15, 0.2) is 0 Å². The molecule has 190 valence electrons. The summed E-state index contributed by atoms with van der Waals surface area (Å²) in [5.74, 6) is -0.947. The van der Waals surface area contributed by atoms with Gasteiger partial charge in [-0.05, 0) is 11.1 Å². The van der Waals surface area contributed by atoms with Crippen LogP contribution in [0.5, 0.6) is 0 Å². The Bertz CT molecular complexity index is 1220. The van der Waals surface area contributed by atoms with Crippen molar-refractivity contribution in [3.8, 4) is 0 Å². The molecule has 1 N–H and O–H groups in total. The fourth-order valence-electron chi connectivity index (χ4n) is 2.36. The van der Waals surface area contributed by atoms with Crippen molar-refractivity contribution < 1.29 is 34.9 Å². The minimum absolute atomic E-state index is 0.223. The van der Waals surface area contributed by atoms with Gasteiger partial charge >= 0.3 is 16.1 Å². The van der Waals surface area contributed by atoms with Crippen LogP contribution in [-0.2, 0) is 49.8 Å². The van der Waals surface area contributed by atoms with E-state index in [9.17, 15) is 21.6 Å². The van der Waals surface area contributed by atoms with E-state index in [0.717, 1.165) is 30.6 Å². The molecule has 10 nitrogen and oxygen atoms in total. The zero-order valence-electron chi connectivity index (χ0n) is 18.7. The highest BCUT2D eigenvalue weighted by Crippen LogP contribution is 2.17. The van der Waals surface area contributed by atoms with Crippen LogP contribution in [0.4, 0.5) is 0 Å². The molecular weight excluding hydrogens is 537 g/mol. The zero-order chi connectivity index (χ0) is 25.7. The maximum Gasteiger partial charge on any atom is 0.366 e. The van der Waals surface area contributed by atoms with Gasteiger partial charge in [-0.2, -0.15) is 21.1 Å². The second kappa shape index (κ2) is 14.1. The van der Waals surface area contributed by atoms with E-state index >= 15 is 0 Å². The second-order valence-electron chi connectivity index (χ2n) is 6.64. The molecule has 0 spiro atoms. The van der Waals surface area contributed by atoms with Gasteiger partial charge in [-0.25, -0.2) is 10.3 Å². The van der Waals surface area contributed by atoms with Crippen LogP contribution < -0.4 is 5.48 Å². The second-order valence-corrected chi connectivity index (χ2v) is 12.0. The third kappa shape index (κ3) is 11.6. The van der Waals surface area contributed by atoms with Gasteiger partial charge in [-0.15, -0.1) is 11.8 Å². The number of ether oxygens (including phenoxy) is 1. The molecular formula is C21H24N2O8S4. The van der Waals surface area contributed by atoms with E-state index in [4.69, 9.17) is 4.28 Å². The molecule has 2 rings (SSSR count). The average Bonchev–Trinajstić information content (AvgIpc) is 2.82. The Hall–Kier alpha value is -2.52. The molecule has 0 aliphatic rings. The Kier molecular flexibility index (Phi) is 11.6. The lowest BCUT2D eigenvalue weighted by molar-refractivity contribution is -0.132. The van der Waals surface area contributed by atoms with Gasteiger partial charge in [0.1, 0.15) is 11.5 Å². The third-order valence-corrected chi connectivity index (χ3v) is 7.88. The Morgan fingerprint density at radius 2 is 1.40 bits per heavy atom. The Labute approximate surface area is 213 Å². The van der Waals surface area contributed by atoms with Gasteiger partial charge in [0.05, 0.1) is 12.1 Å². The SMILES string of the molecule is C=C(NOS(=O)(=O)Cc1ccccc1)SCCSC(=NOS(=O)(=O)Cc1ccccc1)C(=O)OC. The summed E-state index contributed by atoms with van der Waals surface area (Å²) in [4.78, 5) is 11.9. The van der Waals surface area contributed by atoms with E-state index < -0.39 is 32.0 Å². The van der Waals surface area contributed by atoms with Crippen LogP contribution in [0.25, 0.3) is 0 Å². The van der Waals surface area contributed by atoms with Gasteiger partial charge < -0.3 is 4.74 Å². The van der Waals surface area contributed by atoms with Crippen molar-refractivity contribution in [2.45, 2.75) is 11.5 Å². The fourth-order valence-corrected chi connectivity index (χ4v) is 5.68. The first-order chi connectivity index (χ1) is 16.6. The Morgan fingerprint density at radius 1 is 0.886 bits per heavy atom. The predicted molar refractivity (Wildman–Crippen MR) is 137 cm³/mol. The monoisotopic (exact) mass is 560 g/mol. The van der Waals surface area contributed by atoms with Gasteiger partial charge in [-0.3, -0.25) is 4.28 Å². The highest BCUT2D eigenvalue weighted by molar-refractivity contribution is 8.16. The van der Waals surface area contributed by atoms with Crippen LogP contribution in [0.2, 0.25) is 0 Å². The van der Waals surface area contributed by atoms with Gasteiger partial charge in [0, 0.05) is 11.5 Å². The van der Waals surface area contributed by atoms with Crippen LogP contribution in [0.1, 0.15) is 11.1 Å². The summed E-state index contributed by atoms with van der Waals surface area (Å²) < 4.78 is 62.3. The maximum atomic E-state index is 12.1. The number of nitrogens with zero attached hydrogens (tertiary/aromatic N) is 1. The van der Waals surface area contributed by atoms with Crippen molar-refractivity contribution in [3.05, 3.63) is 83.4 Å². The number of benzene rings is 2. The number of nitrogens with one attached hydrogen (secondary N) is 1. The number of thioether (sulfide) groups is 2. The Morgan fingerprint density at radius 3 is 1.94 bits per heavy atom. The van der Waals surface area contributed by atoms with E-state index in [-0.39, 0.29) is 21.6 Å². The van der Waals surface area contributed by atoms with Crippen molar-refractivity contribution in [2.75, 3.05) is 18.6 Å². The van der Waals surface area contributed by atoms with E-state index in [1.807, 2.05) is 0 Å². The summed E-state index contributed by atoms with van der Waals surface area (Å²) >= 11 is 2.03. The summed E-state index contributed by atoms with van der Waals surface area (Å²) in [6.45, 7) is 3.67. The number of methoxy groups -OCH3 is 1. The van der Waals surface area contributed by atoms with Crippen molar-refractivity contribution in [1.82, 2.24) is 5.48 Å². The summed E-state index contributed by atoms with van der Waals surface area (Å²) in [5, 5.41) is 3.39. The highest BCUT2D eigenvalue weighted by Gasteiger charge is 2.18. The first kappa shape index (κ1) is 28.7. The molecule has 0 aliphatic heterocycles. The molecule has 0 fully saturated rings. The number of esters is 1.